The van der Waals surface area contributed by atoms with Crippen molar-refractivity contribution in [2.75, 3.05) is 19.6 Å². The number of nitrogens with zero attached hydrogens (tertiary/aromatic N) is 4. The minimum absolute atomic E-state index is 0.0184. The molecule has 7 heteroatoms. The number of urea groups is 1. The van der Waals surface area contributed by atoms with Crippen LogP contribution in [-0.4, -0.2) is 45.7 Å². The van der Waals surface area contributed by atoms with E-state index in [2.05, 4.69) is 32.6 Å². The Labute approximate surface area is 141 Å². The van der Waals surface area contributed by atoms with Gasteiger partial charge in [0, 0.05) is 38.4 Å². The van der Waals surface area contributed by atoms with Crippen molar-refractivity contribution in [3.63, 3.8) is 0 Å². The van der Waals surface area contributed by atoms with Crippen LogP contribution in [0.4, 0.5) is 4.79 Å². The topological polar surface area (TPSA) is 84.2 Å². The second-order valence-electron chi connectivity index (χ2n) is 6.11. The van der Waals surface area contributed by atoms with Crippen LogP contribution in [0.3, 0.4) is 0 Å². The molecule has 0 spiro atoms. The monoisotopic (exact) mass is 329 g/mol. The van der Waals surface area contributed by atoms with E-state index in [1.165, 1.54) is 5.56 Å². The molecule has 128 valence electrons. The molecule has 3 heterocycles. The molecule has 2 amide bonds. The lowest BCUT2D eigenvalue weighted by Crippen LogP contribution is -2.44. The number of aromatic nitrogens is 3. The lowest BCUT2D eigenvalue weighted by molar-refractivity contribution is 0.181. The smallest absolute Gasteiger partial charge is 0.317 e. The van der Waals surface area contributed by atoms with Gasteiger partial charge in [0.25, 0.3) is 0 Å². The van der Waals surface area contributed by atoms with E-state index in [0.29, 0.717) is 30.6 Å². The molecule has 2 aromatic heterocycles. The summed E-state index contributed by atoms with van der Waals surface area (Å²) < 4.78 is 5.05. The van der Waals surface area contributed by atoms with Gasteiger partial charge >= 0.3 is 6.03 Å². The van der Waals surface area contributed by atoms with Gasteiger partial charge in [-0.05, 0) is 49.8 Å². The van der Waals surface area contributed by atoms with Gasteiger partial charge in [-0.15, -0.1) is 0 Å². The first-order valence-electron chi connectivity index (χ1n) is 8.44. The third-order valence-electron chi connectivity index (χ3n) is 4.37. The van der Waals surface area contributed by atoms with Crippen molar-refractivity contribution in [1.29, 1.82) is 0 Å². The molecule has 1 N–H and O–H groups in total. The van der Waals surface area contributed by atoms with Gasteiger partial charge in [0.1, 0.15) is 0 Å². The molecule has 3 rings (SSSR count). The normalized spacial score (nSPS) is 15.5. The first kappa shape index (κ1) is 16.4. The number of amides is 2. The van der Waals surface area contributed by atoms with Crippen LogP contribution in [0.5, 0.6) is 0 Å². The summed E-state index contributed by atoms with van der Waals surface area (Å²) in [5, 5.41) is 6.72. The van der Waals surface area contributed by atoms with Gasteiger partial charge in [0.2, 0.25) is 5.89 Å². The summed E-state index contributed by atoms with van der Waals surface area (Å²) in [6.07, 6.45) is 7.14. The number of carbonyl (C=O) groups is 1. The Balaban J connectivity index is 1.36. The summed E-state index contributed by atoms with van der Waals surface area (Å²) in [6.45, 7) is 4.00. The highest BCUT2D eigenvalue weighted by molar-refractivity contribution is 5.74. The van der Waals surface area contributed by atoms with Crippen LogP contribution in [0, 0.1) is 6.92 Å². The molecular weight excluding hydrogens is 306 g/mol. The number of carbonyl (C=O) groups excluding carboxylic acids is 1. The molecule has 0 unspecified atom stereocenters. The summed E-state index contributed by atoms with van der Waals surface area (Å²) in [6, 6.07) is 4.16. The van der Waals surface area contributed by atoms with Crippen molar-refractivity contribution in [2.45, 2.75) is 38.5 Å². The van der Waals surface area contributed by atoms with Gasteiger partial charge in [0.05, 0.1) is 0 Å². The second-order valence-corrected chi connectivity index (χ2v) is 6.11. The number of rotatable bonds is 5. The Hall–Kier alpha value is -2.44. The molecule has 0 atom stereocenters. The average Bonchev–Trinajstić information content (AvgIpc) is 3.05. The van der Waals surface area contributed by atoms with E-state index in [-0.39, 0.29) is 6.03 Å². The number of pyridine rings is 1. The highest BCUT2D eigenvalue weighted by atomic mass is 16.5. The van der Waals surface area contributed by atoms with E-state index in [0.717, 1.165) is 32.4 Å². The molecule has 0 aliphatic carbocycles. The number of aryl methyl sites for hydroxylation is 2. The number of nitrogens with one attached hydrogen (secondary N) is 1. The van der Waals surface area contributed by atoms with Crippen LogP contribution in [0.15, 0.2) is 29.0 Å². The van der Waals surface area contributed by atoms with Gasteiger partial charge in [-0.1, -0.05) is 5.16 Å². The maximum absolute atomic E-state index is 12.2. The van der Waals surface area contributed by atoms with Gasteiger partial charge in [-0.2, -0.15) is 4.98 Å². The number of hydrogen-bond acceptors (Lipinski definition) is 5. The lowest BCUT2D eigenvalue weighted by atomic mass is 9.90. The van der Waals surface area contributed by atoms with Gasteiger partial charge in [-0.3, -0.25) is 4.98 Å². The molecule has 7 nitrogen and oxygen atoms in total. The molecule has 1 fully saturated rings. The highest BCUT2D eigenvalue weighted by Crippen LogP contribution is 2.27. The summed E-state index contributed by atoms with van der Waals surface area (Å²) >= 11 is 0. The largest absolute Gasteiger partial charge is 0.339 e. The molecule has 0 saturated carbocycles. The van der Waals surface area contributed by atoms with Crippen molar-refractivity contribution in [3.05, 3.63) is 41.8 Å². The number of piperidine rings is 1. The van der Waals surface area contributed by atoms with E-state index in [1.807, 2.05) is 17.3 Å². The van der Waals surface area contributed by atoms with Crippen LogP contribution >= 0.6 is 0 Å². The van der Waals surface area contributed by atoms with E-state index < -0.39 is 0 Å². The Morgan fingerprint density at radius 3 is 2.75 bits per heavy atom. The first-order chi connectivity index (χ1) is 11.7. The average molecular weight is 329 g/mol. The zero-order valence-electron chi connectivity index (χ0n) is 13.9. The number of likely N-dealkylation sites (tertiary alicyclic amines) is 1. The van der Waals surface area contributed by atoms with Crippen molar-refractivity contribution < 1.29 is 9.32 Å². The van der Waals surface area contributed by atoms with Crippen molar-refractivity contribution in [2.24, 2.45) is 0 Å². The minimum Gasteiger partial charge on any atom is -0.339 e. The van der Waals surface area contributed by atoms with Gasteiger partial charge in [0.15, 0.2) is 5.82 Å². The predicted molar refractivity (Wildman–Crippen MR) is 88.5 cm³/mol. The SMILES string of the molecule is Cc1noc(CCCNC(=O)N2CCC(c3ccncc3)CC2)n1. The van der Waals surface area contributed by atoms with Crippen molar-refractivity contribution in [3.8, 4) is 0 Å². The van der Waals surface area contributed by atoms with Crippen LogP contribution in [0.25, 0.3) is 0 Å². The molecular formula is C17H23N5O2. The Morgan fingerprint density at radius 2 is 2.08 bits per heavy atom. The third kappa shape index (κ3) is 4.31. The summed E-state index contributed by atoms with van der Waals surface area (Å²) in [5.74, 6) is 1.80. The van der Waals surface area contributed by atoms with E-state index in [9.17, 15) is 4.79 Å². The Bertz CT molecular complexity index is 650. The molecule has 0 bridgehead atoms. The minimum atomic E-state index is 0.0184. The van der Waals surface area contributed by atoms with Gasteiger partial charge < -0.3 is 14.7 Å². The zero-order chi connectivity index (χ0) is 16.8. The lowest BCUT2D eigenvalue weighted by Gasteiger charge is -2.32. The molecule has 24 heavy (non-hydrogen) atoms. The van der Waals surface area contributed by atoms with E-state index >= 15 is 0 Å². The molecule has 1 aliphatic rings. The summed E-state index contributed by atoms with van der Waals surface area (Å²) in [5.41, 5.74) is 1.32. The first-order valence-corrected chi connectivity index (χ1v) is 8.44. The van der Waals surface area contributed by atoms with Crippen LogP contribution in [0.1, 0.15) is 42.5 Å². The van der Waals surface area contributed by atoms with Crippen LogP contribution < -0.4 is 5.32 Å². The van der Waals surface area contributed by atoms with Gasteiger partial charge in [-0.25, -0.2) is 4.79 Å². The van der Waals surface area contributed by atoms with Crippen LogP contribution in [-0.2, 0) is 6.42 Å². The molecule has 0 radical (unpaired) electrons. The number of hydrogen-bond donors (Lipinski definition) is 1. The van der Waals surface area contributed by atoms with Crippen molar-refractivity contribution >= 4 is 6.03 Å². The van der Waals surface area contributed by atoms with Crippen molar-refractivity contribution in [1.82, 2.24) is 25.3 Å². The molecule has 1 aliphatic heterocycles. The fourth-order valence-electron chi connectivity index (χ4n) is 3.04. The maximum Gasteiger partial charge on any atom is 0.317 e. The molecule has 0 aromatic carbocycles. The molecule has 2 aromatic rings. The third-order valence-corrected chi connectivity index (χ3v) is 4.37. The van der Waals surface area contributed by atoms with Crippen LogP contribution in [0.2, 0.25) is 0 Å². The summed E-state index contributed by atoms with van der Waals surface area (Å²) in [4.78, 5) is 22.3. The standard InChI is InChI=1S/C17H23N5O2/c1-13-20-16(24-21-13)3-2-8-19-17(23)22-11-6-15(7-12-22)14-4-9-18-10-5-14/h4-5,9-10,15H,2-3,6-8,11-12H2,1H3,(H,19,23). The zero-order valence-corrected chi connectivity index (χ0v) is 13.9. The fourth-order valence-corrected chi connectivity index (χ4v) is 3.04. The van der Waals surface area contributed by atoms with E-state index in [4.69, 9.17) is 4.52 Å². The maximum atomic E-state index is 12.2. The predicted octanol–water partition coefficient (Wildman–Crippen LogP) is 2.29. The fraction of sp³-hybridized carbons (Fsp3) is 0.529. The Morgan fingerprint density at radius 1 is 1.33 bits per heavy atom. The van der Waals surface area contributed by atoms with E-state index in [1.54, 1.807) is 6.92 Å². The summed E-state index contributed by atoms with van der Waals surface area (Å²) in [7, 11) is 0. The highest BCUT2D eigenvalue weighted by Gasteiger charge is 2.23. The quantitative estimate of drug-likeness (QED) is 0.851. The Kier molecular flexibility index (Phi) is 5.40. The molecule has 1 saturated heterocycles. The second kappa shape index (κ2) is 7.90.